The molecular weight excluding hydrogens is 222 g/mol. The lowest BCUT2D eigenvalue weighted by atomic mass is 10.2. The second-order valence-corrected chi connectivity index (χ2v) is 6.06. The van der Waals surface area contributed by atoms with E-state index in [-0.39, 0.29) is 0 Å². The molecule has 1 aromatic rings. The molecule has 0 unspecified atom stereocenters. The molecule has 88 valence electrons. The molecule has 1 N–H and O–H groups in total. The van der Waals surface area contributed by atoms with Gasteiger partial charge in [-0.15, -0.1) is 0 Å². The Balaban J connectivity index is 2.07. The molecule has 0 heterocycles. The molecule has 1 aliphatic carbocycles. The summed E-state index contributed by atoms with van der Waals surface area (Å²) in [6, 6.07) is 7.08. The van der Waals surface area contributed by atoms with Crippen LogP contribution in [-0.4, -0.2) is 15.0 Å². The lowest BCUT2D eigenvalue weighted by Gasteiger charge is -2.06. The topological polar surface area (TPSA) is 46.2 Å². The van der Waals surface area contributed by atoms with Gasteiger partial charge in [-0.05, 0) is 42.9 Å². The predicted molar refractivity (Wildman–Crippen MR) is 63.7 cm³/mol. The SMILES string of the molecule is CCc1ccc(S(=O)(=O)NCC2CC2)cc1. The highest BCUT2D eigenvalue weighted by Crippen LogP contribution is 2.28. The second-order valence-electron chi connectivity index (χ2n) is 4.29. The van der Waals surface area contributed by atoms with Crippen LogP contribution >= 0.6 is 0 Å². The van der Waals surface area contributed by atoms with Crippen LogP contribution in [-0.2, 0) is 16.4 Å². The van der Waals surface area contributed by atoms with E-state index < -0.39 is 10.0 Å². The van der Waals surface area contributed by atoms with Crippen molar-refractivity contribution in [1.29, 1.82) is 0 Å². The smallest absolute Gasteiger partial charge is 0.211 e. The summed E-state index contributed by atoms with van der Waals surface area (Å²) in [4.78, 5) is 0.366. The molecule has 1 aliphatic rings. The molecule has 1 aromatic carbocycles. The zero-order valence-corrected chi connectivity index (χ0v) is 10.3. The minimum atomic E-state index is -3.29. The summed E-state index contributed by atoms with van der Waals surface area (Å²) in [6.45, 7) is 2.63. The van der Waals surface area contributed by atoms with Crippen molar-refractivity contribution in [2.75, 3.05) is 6.54 Å². The van der Waals surface area contributed by atoms with E-state index in [9.17, 15) is 8.42 Å². The summed E-state index contributed by atoms with van der Waals surface area (Å²) in [7, 11) is -3.29. The fraction of sp³-hybridized carbons (Fsp3) is 0.500. The Bertz CT molecular complexity index is 446. The number of sulfonamides is 1. The molecule has 0 aromatic heterocycles. The third-order valence-corrected chi connectivity index (χ3v) is 4.34. The molecule has 0 amide bonds. The van der Waals surface area contributed by atoms with Gasteiger partial charge >= 0.3 is 0 Å². The van der Waals surface area contributed by atoms with E-state index >= 15 is 0 Å². The van der Waals surface area contributed by atoms with Crippen LogP contribution in [0.1, 0.15) is 25.3 Å². The van der Waals surface area contributed by atoms with E-state index in [1.165, 1.54) is 0 Å². The first kappa shape index (κ1) is 11.6. The van der Waals surface area contributed by atoms with Gasteiger partial charge in [-0.3, -0.25) is 0 Å². The van der Waals surface area contributed by atoms with Crippen molar-refractivity contribution in [1.82, 2.24) is 4.72 Å². The van der Waals surface area contributed by atoms with Gasteiger partial charge in [0, 0.05) is 6.54 Å². The number of hydrogen-bond donors (Lipinski definition) is 1. The van der Waals surface area contributed by atoms with Gasteiger partial charge < -0.3 is 0 Å². The van der Waals surface area contributed by atoms with E-state index in [1.807, 2.05) is 12.1 Å². The normalized spacial score (nSPS) is 16.3. The number of rotatable bonds is 5. The summed E-state index contributed by atoms with van der Waals surface area (Å²) in [6.07, 6.45) is 3.23. The number of aryl methyl sites for hydroxylation is 1. The molecular formula is C12H17NO2S. The fourth-order valence-corrected chi connectivity index (χ4v) is 2.65. The molecule has 2 rings (SSSR count). The van der Waals surface area contributed by atoms with Gasteiger partial charge in [0.25, 0.3) is 0 Å². The predicted octanol–water partition coefficient (Wildman–Crippen LogP) is 1.94. The number of benzene rings is 1. The maximum atomic E-state index is 11.9. The van der Waals surface area contributed by atoms with Gasteiger partial charge in [0.15, 0.2) is 0 Å². The maximum Gasteiger partial charge on any atom is 0.240 e. The average Bonchev–Trinajstić information content (AvgIpc) is 3.10. The van der Waals surface area contributed by atoms with Gasteiger partial charge in [0.1, 0.15) is 0 Å². The van der Waals surface area contributed by atoms with Gasteiger partial charge in [-0.25, -0.2) is 13.1 Å². The molecule has 4 heteroatoms. The molecule has 0 radical (unpaired) electrons. The molecule has 0 aliphatic heterocycles. The summed E-state index contributed by atoms with van der Waals surface area (Å²) < 4.78 is 26.4. The van der Waals surface area contributed by atoms with Gasteiger partial charge in [-0.2, -0.15) is 0 Å². The van der Waals surface area contributed by atoms with Crippen LogP contribution in [0.4, 0.5) is 0 Å². The van der Waals surface area contributed by atoms with Gasteiger partial charge in [-0.1, -0.05) is 19.1 Å². The molecule has 1 fully saturated rings. The largest absolute Gasteiger partial charge is 0.240 e. The van der Waals surface area contributed by atoms with Crippen LogP contribution in [0.2, 0.25) is 0 Å². The number of hydrogen-bond acceptors (Lipinski definition) is 2. The third-order valence-electron chi connectivity index (χ3n) is 2.90. The molecule has 16 heavy (non-hydrogen) atoms. The Labute approximate surface area is 96.9 Å². The van der Waals surface area contributed by atoms with Crippen LogP contribution in [0.15, 0.2) is 29.2 Å². The summed E-state index contributed by atoms with van der Waals surface area (Å²) >= 11 is 0. The zero-order valence-electron chi connectivity index (χ0n) is 9.44. The van der Waals surface area contributed by atoms with Crippen molar-refractivity contribution in [3.63, 3.8) is 0 Å². The quantitative estimate of drug-likeness (QED) is 0.853. The van der Waals surface area contributed by atoms with Crippen LogP contribution in [0, 0.1) is 5.92 Å². The van der Waals surface area contributed by atoms with E-state index in [0.29, 0.717) is 17.4 Å². The van der Waals surface area contributed by atoms with Gasteiger partial charge in [0.2, 0.25) is 10.0 Å². The maximum absolute atomic E-state index is 11.9. The minimum absolute atomic E-state index is 0.366. The molecule has 3 nitrogen and oxygen atoms in total. The van der Waals surface area contributed by atoms with Gasteiger partial charge in [0.05, 0.1) is 4.90 Å². The first-order valence-electron chi connectivity index (χ1n) is 5.70. The van der Waals surface area contributed by atoms with Crippen molar-refractivity contribution in [2.45, 2.75) is 31.1 Å². The minimum Gasteiger partial charge on any atom is -0.211 e. The zero-order chi connectivity index (χ0) is 11.6. The average molecular weight is 239 g/mol. The Morgan fingerprint density at radius 3 is 2.38 bits per heavy atom. The van der Waals surface area contributed by atoms with Crippen LogP contribution < -0.4 is 4.72 Å². The van der Waals surface area contributed by atoms with E-state index in [4.69, 9.17) is 0 Å². The lowest BCUT2D eigenvalue weighted by Crippen LogP contribution is -2.25. The third kappa shape index (κ3) is 2.83. The lowest BCUT2D eigenvalue weighted by molar-refractivity contribution is 0.577. The molecule has 0 saturated heterocycles. The summed E-state index contributed by atoms with van der Waals surface area (Å²) in [5.74, 6) is 0.560. The first-order valence-corrected chi connectivity index (χ1v) is 7.19. The molecule has 0 bridgehead atoms. The van der Waals surface area contributed by atoms with Crippen LogP contribution in [0.3, 0.4) is 0 Å². The molecule has 0 atom stereocenters. The Hall–Kier alpha value is -0.870. The van der Waals surface area contributed by atoms with Crippen molar-refractivity contribution < 1.29 is 8.42 Å². The summed E-state index contributed by atoms with van der Waals surface area (Å²) in [5, 5.41) is 0. The second kappa shape index (κ2) is 4.55. The standard InChI is InChI=1S/C12H17NO2S/c1-2-10-5-7-12(8-6-10)16(14,15)13-9-11-3-4-11/h5-8,11,13H,2-4,9H2,1H3. The van der Waals surface area contributed by atoms with E-state index in [1.54, 1.807) is 12.1 Å². The van der Waals surface area contributed by atoms with Crippen molar-refractivity contribution in [3.8, 4) is 0 Å². The Morgan fingerprint density at radius 1 is 1.25 bits per heavy atom. The van der Waals surface area contributed by atoms with Crippen LogP contribution in [0.5, 0.6) is 0 Å². The highest BCUT2D eigenvalue weighted by atomic mass is 32.2. The monoisotopic (exact) mass is 239 g/mol. The highest BCUT2D eigenvalue weighted by molar-refractivity contribution is 7.89. The van der Waals surface area contributed by atoms with Crippen molar-refractivity contribution in [3.05, 3.63) is 29.8 Å². The van der Waals surface area contributed by atoms with E-state index in [0.717, 1.165) is 24.8 Å². The molecule has 0 spiro atoms. The number of nitrogens with one attached hydrogen (secondary N) is 1. The fourth-order valence-electron chi connectivity index (χ4n) is 1.54. The Morgan fingerprint density at radius 2 is 1.88 bits per heavy atom. The molecule has 1 saturated carbocycles. The first-order chi connectivity index (χ1) is 7.62. The van der Waals surface area contributed by atoms with Crippen molar-refractivity contribution >= 4 is 10.0 Å². The van der Waals surface area contributed by atoms with Crippen molar-refractivity contribution in [2.24, 2.45) is 5.92 Å². The highest BCUT2D eigenvalue weighted by Gasteiger charge is 2.24. The van der Waals surface area contributed by atoms with E-state index in [2.05, 4.69) is 11.6 Å². The Kier molecular flexibility index (Phi) is 3.30. The van der Waals surface area contributed by atoms with Crippen LogP contribution in [0.25, 0.3) is 0 Å². The summed E-state index contributed by atoms with van der Waals surface area (Å²) in [5.41, 5.74) is 1.15.